The molecule has 1 aliphatic rings. The van der Waals surface area contributed by atoms with Gasteiger partial charge in [0.1, 0.15) is 12.4 Å². The second-order valence-electron chi connectivity index (χ2n) is 5.92. The van der Waals surface area contributed by atoms with Gasteiger partial charge in [-0.05, 0) is 25.7 Å². The van der Waals surface area contributed by atoms with Crippen molar-refractivity contribution in [3.63, 3.8) is 0 Å². The predicted octanol–water partition coefficient (Wildman–Crippen LogP) is 0.932. The Labute approximate surface area is 119 Å². The van der Waals surface area contributed by atoms with Crippen LogP contribution in [0, 0.1) is 5.92 Å². The van der Waals surface area contributed by atoms with Gasteiger partial charge in [-0.3, -0.25) is 9.36 Å². The average molecular weight is 280 g/mol. The van der Waals surface area contributed by atoms with Gasteiger partial charge in [-0.1, -0.05) is 20.3 Å². The minimum absolute atomic E-state index is 0.00981. The molecule has 112 valence electrons. The molecule has 1 aromatic heterocycles. The Kier molecular flexibility index (Phi) is 4.62. The average Bonchev–Trinajstić information content (AvgIpc) is 2.56. The number of aryl methyl sites for hydroxylation is 1. The molecule has 1 amide bonds. The van der Waals surface area contributed by atoms with Crippen molar-refractivity contribution in [2.24, 2.45) is 5.92 Å². The molecular formula is C14H24N4O2. The Bertz CT molecular complexity index is 530. The van der Waals surface area contributed by atoms with E-state index in [1.54, 1.807) is 4.57 Å². The molecule has 0 aliphatic carbocycles. The Morgan fingerprint density at radius 1 is 1.30 bits per heavy atom. The van der Waals surface area contributed by atoms with E-state index < -0.39 is 0 Å². The minimum Gasteiger partial charge on any atom is -0.352 e. The van der Waals surface area contributed by atoms with Crippen LogP contribution in [0.1, 0.15) is 45.9 Å². The number of carbonyl (C=O) groups is 1. The first-order valence-electron chi connectivity index (χ1n) is 7.45. The topological polar surface area (TPSA) is 68.9 Å². The Balaban J connectivity index is 2.07. The molecule has 1 aromatic rings. The van der Waals surface area contributed by atoms with Crippen molar-refractivity contribution in [3.05, 3.63) is 16.3 Å². The molecule has 0 fully saturated rings. The van der Waals surface area contributed by atoms with Crippen LogP contribution in [0.4, 0.5) is 0 Å². The van der Waals surface area contributed by atoms with Gasteiger partial charge in [-0.2, -0.15) is 5.10 Å². The SMILES string of the molecule is CC(C)C(C)NC(=O)Cn1nc2n(c1=O)CCCCC2. The first-order valence-corrected chi connectivity index (χ1v) is 7.45. The summed E-state index contributed by atoms with van der Waals surface area (Å²) >= 11 is 0. The molecule has 0 aromatic carbocycles. The predicted molar refractivity (Wildman–Crippen MR) is 76.5 cm³/mol. The smallest absolute Gasteiger partial charge is 0.346 e. The minimum atomic E-state index is -0.158. The summed E-state index contributed by atoms with van der Waals surface area (Å²) < 4.78 is 3.01. The fourth-order valence-electron chi connectivity index (χ4n) is 2.33. The molecule has 0 saturated carbocycles. The van der Waals surface area contributed by atoms with Gasteiger partial charge in [-0.15, -0.1) is 0 Å². The van der Waals surface area contributed by atoms with Crippen LogP contribution in [-0.2, 0) is 24.3 Å². The monoisotopic (exact) mass is 280 g/mol. The van der Waals surface area contributed by atoms with Gasteiger partial charge < -0.3 is 5.32 Å². The van der Waals surface area contributed by atoms with Gasteiger partial charge in [0.05, 0.1) is 0 Å². The number of nitrogens with zero attached hydrogens (tertiary/aromatic N) is 3. The van der Waals surface area contributed by atoms with Crippen LogP contribution >= 0.6 is 0 Å². The Hall–Kier alpha value is -1.59. The zero-order valence-corrected chi connectivity index (χ0v) is 12.6. The summed E-state index contributed by atoms with van der Waals surface area (Å²) in [5, 5.41) is 7.21. The number of hydrogen-bond acceptors (Lipinski definition) is 3. The molecule has 0 spiro atoms. The maximum atomic E-state index is 12.2. The highest BCUT2D eigenvalue weighted by Gasteiger charge is 2.18. The second-order valence-corrected chi connectivity index (χ2v) is 5.92. The first-order chi connectivity index (χ1) is 9.49. The van der Waals surface area contributed by atoms with Crippen LogP contribution in [0.3, 0.4) is 0 Å². The second kappa shape index (κ2) is 6.24. The van der Waals surface area contributed by atoms with Gasteiger partial charge >= 0.3 is 5.69 Å². The van der Waals surface area contributed by atoms with Crippen molar-refractivity contribution >= 4 is 5.91 Å². The fraction of sp³-hybridized carbons (Fsp3) is 0.786. The number of rotatable bonds is 4. The van der Waals surface area contributed by atoms with Crippen molar-refractivity contribution in [2.75, 3.05) is 0 Å². The third-order valence-corrected chi connectivity index (χ3v) is 3.96. The highest BCUT2D eigenvalue weighted by Crippen LogP contribution is 2.10. The van der Waals surface area contributed by atoms with E-state index in [0.717, 1.165) is 38.1 Å². The van der Waals surface area contributed by atoms with Crippen molar-refractivity contribution in [1.29, 1.82) is 0 Å². The number of amides is 1. The lowest BCUT2D eigenvalue weighted by Gasteiger charge is -2.17. The largest absolute Gasteiger partial charge is 0.352 e. The van der Waals surface area contributed by atoms with Crippen LogP contribution in [0.15, 0.2) is 4.79 Å². The molecule has 6 heteroatoms. The van der Waals surface area contributed by atoms with Crippen molar-refractivity contribution in [2.45, 2.75) is 65.6 Å². The van der Waals surface area contributed by atoms with Gasteiger partial charge in [0.2, 0.25) is 5.91 Å². The lowest BCUT2D eigenvalue weighted by molar-refractivity contribution is -0.122. The summed E-state index contributed by atoms with van der Waals surface area (Å²) in [6.45, 7) is 6.80. The molecule has 1 unspecified atom stereocenters. The number of carbonyl (C=O) groups excluding carboxylic acids is 1. The molecule has 0 radical (unpaired) electrons. The third-order valence-electron chi connectivity index (χ3n) is 3.96. The highest BCUT2D eigenvalue weighted by molar-refractivity contribution is 5.75. The first kappa shape index (κ1) is 14.8. The van der Waals surface area contributed by atoms with Crippen LogP contribution in [0.5, 0.6) is 0 Å². The molecule has 6 nitrogen and oxygen atoms in total. The van der Waals surface area contributed by atoms with Gasteiger partial charge in [-0.25, -0.2) is 9.48 Å². The van der Waals surface area contributed by atoms with Crippen LogP contribution in [0.2, 0.25) is 0 Å². The van der Waals surface area contributed by atoms with E-state index in [1.807, 2.05) is 6.92 Å². The van der Waals surface area contributed by atoms with Crippen LogP contribution in [0.25, 0.3) is 0 Å². The van der Waals surface area contributed by atoms with E-state index in [0.29, 0.717) is 5.92 Å². The molecule has 1 N–H and O–H groups in total. The highest BCUT2D eigenvalue weighted by atomic mass is 16.2. The molecule has 20 heavy (non-hydrogen) atoms. The summed E-state index contributed by atoms with van der Waals surface area (Å²) in [4.78, 5) is 24.1. The van der Waals surface area contributed by atoms with Crippen LogP contribution < -0.4 is 11.0 Å². The van der Waals surface area contributed by atoms with Crippen molar-refractivity contribution in [1.82, 2.24) is 19.7 Å². The van der Waals surface area contributed by atoms with Gasteiger partial charge in [0.15, 0.2) is 0 Å². The van der Waals surface area contributed by atoms with Crippen LogP contribution in [-0.4, -0.2) is 26.3 Å². The van der Waals surface area contributed by atoms with E-state index in [1.165, 1.54) is 4.68 Å². The molecule has 0 saturated heterocycles. The zero-order chi connectivity index (χ0) is 14.7. The summed E-state index contributed by atoms with van der Waals surface area (Å²) in [7, 11) is 0. The maximum absolute atomic E-state index is 12.2. The summed E-state index contributed by atoms with van der Waals surface area (Å²) in [5.41, 5.74) is -0.158. The quantitative estimate of drug-likeness (QED) is 0.892. The Morgan fingerprint density at radius 2 is 2.05 bits per heavy atom. The molecule has 2 rings (SSSR count). The number of nitrogens with one attached hydrogen (secondary N) is 1. The summed E-state index contributed by atoms with van der Waals surface area (Å²) in [6, 6.07) is 0.0960. The molecule has 1 aliphatic heterocycles. The van der Waals surface area contributed by atoms with Gasteiger partial charge in [0.25, 0.3) is 0 Å². The molecule has 0 bridgehead atoms. The summed E-state index contributed by atoms with van der Waals surface area (Å²) in [5.74, 6) is 1.04. The Morgan fingerprint density at radius 3 is 2.75 bits per heavy atom. The maximum Gasteiger partial charge on any atom is 0.346 e. The van der Waals surface area contributed by atoms with Crippen molar-refractivity contribution in [3.8, 4) is 0 Å². The number of aromatic nitrogens is 3. The van der Waals surface area contributed by atoms with Crippen molar-refractivity contribution < 1.29 is 4.79 Å². The number of hydrogen-bond donors (Lipinski definition) is 1. The van der Waals surface area contributed by atoms with E-state index in [2.05, 4.69) is 24.3 Å². The van der Waals surface area contributed by atoms with E-state index in [9.17, 15) is 9.59 Å². The number of fused-ring (bicyclic) bond motifs is 1. The molecule has 2 heterocycles. The lowest BCUT2D eigenvalue weighted by Crippen LogP contribution is -2.40. The normalized spacial score (nSPS) is 16.6. The van der Waals surface area contributed by atoms with E-state index in [4.69, 9.17) is 0 Å². The van der Waals surface area contributed by atoms with Gasteiger partial charge in [0, 0.05) is 19.0 Å². The van der Waals surface area contributed by atoms with E-state index >= 15 is 0 Å². The van der Waals surface area contributed by atoms with E-state index in [-0.39, 0.29) is 24.2 Å². The lowest BCUT2D eigenvalue weighted by atomic mass is 10.1. The zero-order valence-electron chi connectivity index (χ0n) is 12.6. The summed E-state index contributed by atoms with van der Waals surface area (Å²) in [6.07, 6.45) is 4.03. The standard InChI is InChI=1S/C14H24N4O2/c1-10(2)11(3)15-13(19)9-18-14(20)17-8-6-4-5-7-12(17)16-18/h10-11H,4-9H2,1-3H3,(H,15,19). The molecule has 1 atom stereocenters. The fourth-order valence-corrected chi connectivity index (χ4v) is 2.33. The third kappa shape index (κ3) is 3.29. The molecular weight excluding hydrogens is 256 g/mol.